The van der Waals surface area contributed by atoms with Gasteiger partial charge in [-0.2, -0.15) is 0 Å². The highest BCUT2D eigenvalue weighted by Crippen LogP contribution is 2.13. The minimum atomic E-state index is 0.944. The molecule has 17 heavy (non-hydrogen) atoms. The van der Waals surface area contributed by atoms with Gasteiger partial charge >= 0.3 is 0 Å². The first-order chi connectivity index (χ1) is 8.36. The number of ether oxygens (including phenoxy) is 1. The Labute approximate surface area is 105 Å². The first kappa shape index (κ1) is 14.0. The normalized spacial score (nSPS) is 10.5. The van der Waals surface area contributed by atoms with Crippen molar-refractivity contribution >= 4 is 0 Å². The zero-order valence-corrected chi connectivity index (χ0v) is 11.2. The molecule has 0 fully saturated rings. The van der Waals surface area contributed by atoms with Gasteiger partial charge in [0.25, 0.3) is 0 Å². The van der Waals surface area contributed by atoms with Crippen LogP contribution in [0.5, 0.6) is 5.75 Å². The second-order valence-electron chi connectivity index (χ2n) is 4.37. The maximum atomic E-state index is 5.14. The molecule has 0 aromatic heterocycles. The topological polar surface area (TPSA) is 21.3 Å². The Morgan fingerprint density at radius 2 is 1.71 bits per heavy atom. The highest BCUT2D eigenvalue weighted by Gasteiger charge is 1.95. The van der Waals surface area contributed by atoms with Crippen LogP contribution in [0.3, 0.4) is 0 Å². The van der Waals surface area contributed by atoms with Gasteiger partial charge in [0.05, 0.1) is 7.11 Å². The summed E-state index contributed by atoms with van der Waals surface area (Å²) in [5.41, 5.74) is 1.41. The summed E-state index contributed by atoms with van der Waals surface area (Å²) in [6.07, 6.45) is 6.45. The van der Waals surface area contributed by atoms with Crippen LogP contribution in [0.15, 0.2) is 24.3 Å². The number of nitrogens with one attached hydrogen (secondary N) is 1. The van der Waals surface area contributed by atoms with Gasteiger partial charge in [0, 0.05) is 0 Å². The zero-order valence-electron chi connectivity index (χ0n) is 11.2. The number of benzene rings is 1. The van der Waals surface area contributed by atoms with E-state index in [1.54, 1.807) is 7.11 Å². The molecule has 2 nitrogen and oxygen atoms in total. The number of aryl methyl sites for hydroxylation is 1. The summed E-state index contributed by atoms with van der Waals surface area (Å²) < 4.78 is 5.14. The van der Waals surface area contributed by atoms with Gasteiger partial charge in [0.2, 0.25) is 0 Å². The molecule has 2 heteroatoms. The summed E-state index contributed by atoms with van der Waals surface area (Å²) in [6.45, 7) is 4.41. The van der Waals surface area contributed by atoms with Crippen molar-refractivity contribution in [2.45, 2.75) is 39.0 Å². The molecule has 1 aromatic carbocycles. The molecule has 0 bridgehead atoms. The first-order valence-corrected chi connectivity index (χ1v) is 6.70. The van der Waals surface area contributed by atoms with Gasteiger partial charge in [-0.25, -0.2) is 0 Å². The molecule has 0 amide bonds. The van der Waals surface area contributed by atoms with Crippen LogP contribution in [0, 0.1) is 0 Å². The molecule has 0 aliphatic rings. The molecule has 0 heterocycles. The lowest BCUT2D eigenvalue weighted by Gasteiger charge is -2.04. The highest BCUT2D eigenvalue weighted by molar-refractivity contribution is 5.27. The van der Waals surface area contributed by atoms with Crippen molar-refractivity contribution < 1.29 is 4.74 Å². The van der Waals surface area contributed by atoms with Crippen LogP contribution in [-0.4, -0.2) is 20.2 Å². The van der Waals surface area contributed by atoms with Gasteiger partial charge in [-0.05, 0) is 50.0 Å². The second kappa shape index (κ2) is 9.06. The Hall–Kier alpha value is -1.02. The molecule has 0 radical (unpaired) electrons. The van der Waals surface area contributed by atoms with Gasteiger partial charge < -0.3 is 10.1 Å². The van der Waals surface area contributed by atoms with Crippen molar-refractivity contribution in [2.24, 2.45) is 0 Å². The molecule has 0 aliphatic carbocycles. The lowest BCUT2D eigenvalue weighted by Crippen LogP contribution is -2.13. The van der Waals surface area contributed by atoms with Crippen LogP contribution < -0.4 is 10.1 Å². The van der Waals surface area contributed by atoms with Crippen molar-refractivity contribution in [2.75, 3.05) is 20.2 Å². The Balaban J connectivity index is 2.05. The summed E-state index contributed by atoms with van der Waals surface area (Å²) in [7, 11) is 1.71. The van der Waals surface area contributed by atoms with Crippen LogP contribution in [0.2, 0.25) is 0 Å². The van der Waals surface area contributed by atoms with Gasteiger partial charge in [0.1, 0.15) is 5.75 Å². The minimum Gasteiger partial charge on any atom is -0.497 e. The van der Waals surface area contributed by atoms with Crippen molar-refractivity contribution in [3.63, 3.8) is 0 Å². The van der Waals surface area contributed by atoms with Crippen LogP contribution in [0.4, 0.5) is 0 Å². The number of unbranched alkanes of at least 4 members (excludes halogenated alkanes) is 3. The Morgan fingerprint density at radius 1 is 1.00 bits per heavy atom. The van der Waals surface area contributed by atoms with Gasteiger partial charge in [-0.1, -0.05) is 31.9 Å². The van der Waals surface area contributed by atoms with Gasteiger partial charge in [-0.3, -0.25) is 0 Å². The van der Waals surface area contributed by atoms with E-state index in [0.717, 1.165) is 12.3 Å². The van der Waals surface area contributed by atoms with E-state index in [1.807, 2.05) is 12.1 Å². The van der Waals surface area contributed by atoms with E-state index in [4.69, 9.17) is 4.74 Å². The molecule has 0 unspecified atom stereocenters. The number of hydrogen-bond donors (Lipinski definition) is 1. The molecule has 1 N–H and O–H groups in total. The van der Waals surface area contributed by atoms with E-state index in [2.05, 4.69) is 24.4 Å². The lowest BCUT2D eigenvalue weighted by molar-refractivity contribution is 0.414. The van der Waals surface area contributed by atoms with E-state index in [9.17, 15) is 0 Å². The van der Waals surface area contributed by atoms with Crippen LogP contribution in [0.25, 0.3) is 0 Å². The number of hydrogen-bond acceptors (Lipinski definition) is 2. The summed E-state index contributed by atoms with van der Waals surface area (Å²) in [6, 6.07) is 8.41. The Bertz CT molecular complexity index is 281. The van der Waals surface area contributed by atoms with Crippen LogP contribution >= 0.6 is 0 Å². The average molecular weight is 235 g/mol. The number of rotatable bonds is 9. The third-order valence-electron chi connectivity index (χ3n) is 2.98. The van der Waals surface area contributed by atoms with Crippen molar-refractivity contribution in [1.82, 2.24) is 5.32 Å². The van der Waals surface area contributed by atoms with Crippen LogP contribution in [0.1, 0.15) is 38.2 Å². The summed E-state index contributed by atoms with van der Waals surface area (Å²) in [5.74, 6) is 0.944. The average Bonchev–Trinajstić information content (AvgIpc) is 2.38. The van der Waals surface area contributed by atoms with E-state index in [-0.39, 0.29) is 0 Å². The maximum Gasteiger partial charge on any atom is 0.118 e. The molecule has 1 aromatic rings. The third kappa shape index (κ3) is 6.32. The first-order valence-electron chi connectivity index (χ1n) is 6.70. The van der Waals surface area contributed by atoms with Gasteiger partial charge in [-0.15, -0.1) is 0 Å². The summed E-state index contributed by atoms with van der Waals surface area (Å²) >= 11 is 0. The number of methoxy groups -OCH3 is 1. The molecule has 0 spiro atoms. The lowest BCUT2D eigenvalue weighted by atomic mass is 10.1. The Kier molecular flexibility index (Phi) is 7.48. The molecular formula is C15H25NO. The monoisotopic (exact) mass is 235 g/mol. The van der Waals surface area contributed by atoms with Crippen molar-refractivity contribution in [3.05, 3.63) is 29.8 Å². The van der Waals surface area contributed by atoms with Gasteiger partial charge in [0.15, 0.2) is 0 Å². The fourth-order valence-corrected chi connectivity index (χ4v) is 1.90. The molecule has 0 aliphatic heterocycles. The third-order valence-corrected chi connectivity index (χ3v) is 2.98. The molecular weight excluding hydrogens is 210 g/mol. The zero-order chi connectivity index (χ0) is 12.3. The maximum absolute atomic E-state index is 5.14. The predicted octanol–water partition coefficient (Wildman–Crippen LogP) is 3.41. The fraction of sp³-hybridized carbons (Fsp3) is 0.600. The quantitative estimate of drug-likeness (QED) is 0.662. The van der Waals surface area contributed by atoms with E-state index < -0.39 is 0 Å². The largest absolute Gasteiger partial charge is 0.497 e. The minimum absolute atomic E-state index is 0.944. The van der Waals surface area contributed by atoms with Crippen molar-refractivity contribution in [3.8, 4) is 5.75 Å². The molecule has 1 rings (SSSR count). The van der Waals surface area contributed by atoms with E-state index in [0.29, 0.717) is 0 Å². The molecule has 96 valence electrons. The Morgan fingerprint density at radius 3 is 2.35 bits per heavy atom. The second-order valence-corrected chi connectivity index (χ2v) is 4.37. The smallest absolute Gasteiger partial charge is 0.118 e. The SMILES string of the molecule is CCNCCCCCCc1ccc(OC)cc1. The van der Waals surface area contributed by atoms with Crippen molar-refractivity contribution in [1.29, 1.82) is 0 Å². The van der Waals surface area contributed by atoms with Crippen LogP contribution in [-0.2, 0) is 6.42 Å². The fourth-order valence-electron chi connectivity index (χ4n) is 1.90. The van der Waals surface area contributed by atoms with E-state index >= 15 is 0 Å². The molecule has 0 saturated carbocycles. The summed E-state index contributed by atoms with van der Waals surface area (Å²) in [5, 5.41) is 3.36. The van der Waals surface area contributed by atoms with E-state index in [1.165, 1.54) is 44.2 Å². The highest BCUT2D eigenvalue weighted by atomic mass is 16.5. The summed E-state index contributed by atoms with van der Waals surface area (Å²) in [4.78, 5) is 0. The predicted molar refractivity (Wildman–Crippen MR) is 73.7 cm³/mol. The molecule has 0 atom stereocenters. The molecule has 0 saturated heterocycles. The standard InChI is InChI=1S/C15H25NO/c1-3-16-13-7-5-4-6-8-14-9-11-15(17-2)12-10-14/h9-12,16H,3-8,13H2,1-2H3.